The number of rotatable bonds is 2. The van der Waals surface area contributed by atoms with E-state index < -0.39 is 0 Å². The van der Waals surface area contributed by atoms with Crippen LogP contribution in [0.2, 0.25) is 0 Å². The van der Waals surface area contributed by atoms with Crippen LogP contribution in [0.15, 0.2) is 17.0 Å². The molecule has 0 fully saturated rings. The fourth-order valence-electron chi connectivity index (χ4n) is 1.34. The molecular weight excluding hydrogens is 192 g/mol. The molecule has 0 aliphatic heterocycles. The van der Waals surface area contributed by atoms with Crippen molar-refractivity contribution < 1.29 is 0 Å². The van der Waals surface area contributed by atoms with E-state index in [4.69, 9.17) is 5.26 Å². The third kappa shape index (κ3) is 2.50. The number of nitriles is 1. The van der Waals surface area contributed by atoms with Gasteiger partial charge in [-0.25, -0.2) is 0 Å². The molecular formula is C11H14N2S. The second-order valence-corrected chi connectivity index (χ2v) is 4.82. The fraction of sp³-hybridized carbons (Fsp3) is 0.364. The van der Waals surface area contributed by atoms with Crippen molar-refractivity contribution >= 4 is 11.9 Å². The van der Waals surface area contributed by atoms with Crippen molar-refractivity contribution in [2.75, 3.05) is 14.1 Å². The van der Waals surface area contributed by atoms with Crippen molar-refractivity contribution in [3.05, 3.63) is 28.8 Å². The van der Waals surface area contributed by atoms with Crippen molar-refractivity contribution in [3.63, 3.8) is 0 Å². The number of hydrogen-bond acceptors (Lipinski definition) is 3. The van der Waals surface area contributed by atoms with E-state index in [1.807, 2.05) is 38.3 Å². The third-order valence-corrected chi connectivity index (χ3v) is 2.72. The fourth-order valence-corrected chi connectivity index (χ4v) is 2.27. The molecule has 1 aromatic carbocycles. The Kier molecular flexibility index (Phi) is 3.56. The van der Waals surface area contributed by atoms with E-state index in [0.29, 0.717) is 0 Å². The van der Waals surface area contributed by atoms with Crippen LogP contribution in [-0.4, -0.2) is 18.4 Å². The van der Waals surface area contributed by atoms with E-state index in [2.05, 4.69) is 12.1 Å². The molecule has 14 heavy (non-hydrogen) atoms. The minimum atomic E-state index is 0.786. The molecule has 0 amide bonds. The molecule has 0 spiro atoms. The summed E-state index contributed by atoms with van der Waals surface area (Å²) in [6.07, 6.45) is 0. The van der Waals surface area contributed by atoms with Gasteiger partial charge in [0.2, 0.25) is 0 Å². The van der Waals surface area contributed by atoms with E-state index in [1.165, 1.54) is 5.56 Å². The molecule has 1 aromatic rings. The van der Waals surface area contributed by atoms with Crippen LogP contribution in [0, 0.1) is 25.2 Å². The van der Waals surface area contributed by atoms with Gasteiger partial charge >= 0.3 is 0 Å². The monoisotopic (exact) mass is 206 g/mol. The Balaban J connectivity index is 3.20. The summed E-state index contributed by atoms with van der Waals surface area (Å²) < 4.78 is 2.00. The van der Waals surface area contributed by atoms with Crippen LogP contribution in [0.1, 0.15) is 16.7 Å². The Labute approximate surface area is 89.7 Å². The maximum atomic E-state index is 9.02. The molecule has 0 saturated heterocycles. The molecule has 3 heteroatoms. The van der Waals surface area contributed by atoms with Crippen molar-refractivity contribution in [1.82, 2.24) is 4.31 Å². The highest BCUT2D eigenvalue weighted by molar-refractivity contribution is 7.97. The zero-order valence-corrected chi connectivity index (χ0v) is 9.77. The lowest BCUT2D eigenvalue weighted by Gasteiger charge is -2.12. The highest BCUT2D eigenvalue weighted by Gasteiger charge is 2.07. The van der Waals surface area contributed by atoms with Crippen LogP contribution in [0.5, 0.6) is 0 Å². The van der Waals surface area contributed by atoms with Gasteiger partial charge < -0.3 is 0 Å². The molecule has 0 aliphatic carbocycles. The Morgan fingerprint density at radius 1 is 1.29 bits per heavy atom. The van der Waals surface area contributed by atoms with Crippen LogP contribution in [0.25, 0.3) is 0 Å². The van der Waals surface area contributed by atoms with Crippen molar-refractivity contribution in [3.8, 4) is 6.07 Å². The number of aryl methyl sites for hydroxylation is 2. The van der Waals surface area contributed by atoms with Crippen LogP contribution in [0.3, 0.4) is 0 Å². The first-order valence-electron chi connectivity index (χ1n) is 4.41. The second kappa shape index (κ2) is 4.50. The molecule has 0 saturated carbocycles. The molecule has 0 aliphatic rings. The molecule has 0 bridgehead atoms. The number of hydrogen-bond donors (Lipinski definition) is 0. The summed E-state index contributed by atoms with van der Waals surface area (Å²) in [5.41, 5.74) is 3.04. The van der Waals surface area contributed by atoms with E-state index in [0.717, 1.165) is 16.0 Å². The maximum Gasteiger partial charge on any atom is 0.101 e. The van der Waals surface area contributed by atoms with Gasteiger partial charge in [-0.3, -0.25) is 4.31 Å². The molecule has 0 atom stereocenters. The van der Waals surface area contributed by atoms with Crippen LogP contribution >= 0.6 is 11.9 Å². The Bertz CT molecular complexity index is 378. The summed E-state index contributed by atoms with van der Waals surface area (Å²) in [5, 5.41) is 9.02. The average Bonchev–Trinajstić information content (AvgIpc) is 2.01. The first kappa shape index (κ1) is 11.1. The summed E-state index contributed by atoms with van der Waals surface area (Å²) >= 11 is 1.59. The molecule has 0 unspecified atom stereocenters. The minimum absolute atomic E-state index is 0.786. The molecule has 74 valence electrons. The van der Waals surface area contributed by atoms with Crippen LogP contribution in [0.4, 0.5) is 0 Å². The molecule has 1 rings (SSSR count). The first-order valence-corrected chi connectivity index (χ1v) is 5.18. The van der Waals surface area contributed by atoms with E-state index in [9.17, 15) is 0 Å². The van der Waals surface area contributed by atoms with Crippen LogP contribution < -0.4 is 0 Å². The van der Waals surface area contributed by atoms with E-state index in [-0.39, 0.29) is 0 Å². The third-order valence-electron chi connectivity index (χ3n) is 1.84. The van der Waals surface area contributed by atoms with Gasteiger partial charge in [0.15, 0.2) is 0 Å². The summed E-state index contributed by atoms with van der Waals surface area (Å²) in [4.78, 5) is 1.04. The summed E-state index contributed by atoms with van der Waals surface area (Å²) in [6, 6.07) is 6.34. The highest BCUT2D eigenvalue weighted by Crippen LogP contribution is 2.27. The average molecular weight is 206 g/mol. The van der Waals surface area contributed by atoms with Gasteiger partial charge in [0, 0.05) is 4.90 Å². The number of benzene rings is 1. The zero-order chi connectivity index (χ0) is 10.7. The topological polar surface area (TPSA) is 27.0 Å². The Morgan fingerprint density at radius 2 is 1.93 bits per heavy atom. The molecule has 0 N–H and O–H groups in total. The van der Waals surface area contributed by atoms with E-state index in [1.54, 1.807) is 11.9 Å². The van der Waals surface area contributed by atoms with Crippen molar-refractivity contribution in [1.29, 1.82) is 5.26 Å². The molecule has 2 nitrogen and oxygen atoms in total. The zero-order valence-electron chi connectivity index (χ0n) is 8.96. The van der Waals surface area contributed by atoms with Gasteiger partial charge in [0.05, 0.1) is 5.56 Å². The molecule has 0 aromatic heterocycles. The quantitative estimate of drug-likeness (QED) is 0.696. The van der Waals surface area contributed by atoms with Crippen LogP contribution in [-0.2, 0) is 0 Å². The molecule has 0 heterocycles. The highest BCUT2D eigenvalue weighted by atomic mass is 32.2. The standard InChI is InChI=1S/C11H14N2S/c1-8-5-9(2)10(7-12)11(6-8)14-13(3)4/h5-6H,1-4H3. The first-order chi connectivity index (χ1) is 6.54. The maximum absolute atomic E-state index is 9.02. The normalized spacial score (nSPS) is 10.3. The van der Waals surface area contributed by atoms with Gasteiger partial charge in [0.1, 0.15) is 6.07 Å². The number of nitrogens with zero attached hydrogens (tertiary/aromatic N) is 2. The molecule has 0 radical (unpaired) electrons. The summed E-state index contributed by atoms with van der Waals surface area (Å²) in [6.45, 7) is 4.03. The van der Waals surface area contributed by atoms with Crippen molar-refractivity contribution in [2.45, 2.75) is 18.7 Å². The van der Waals surface area contributed by atoms with Gasteiger partial charge in [0.25, 0.3) is 0 Å². The Hall–Kier alpha value is -0.980. The predicted molar refractivity (Wildman–Crippen MR) is 60.2 cm³/mol. The van der Waals surface area contributed by atoms with Gasteiger partial charge in [-0.15, -0.1) is 0 Å². The lowest BCUT2D eigenvalue weighted by Crippen LogP contribution is -2.01. The lowest BCUT2D eigenvalue weighted by atomic mass is 10.1. The lowest BCUT2D eigenvalue weighted by molar-refractivity contribution is 0.702. The largest absolute Gasteiger partial charge is 0.253 e. The van der Waals surface area contributed by atoms with Gasteiger partial charge in [-0.2, -0.15) is 5.26 Å². The van der Waals surface area contributed by atoms with Crippen molar-refractivity contribution in [2.24, 2.45) is 0 Å². The van der Waals surface area contributed by atoms with Gasteiger partial charge in [-0.1, -0.05) is 6.07 Å². The summed E-state index contributed by atoms with van der Waals surface area (Å²) in [7, 11) is 3.95. The van der Waals surface area contributed by atoms with E-state index >= 15 is 0 Å². The summed E-state index contributed by atoms with van der Waals surface area (Å²) in [5.74, 6) is 0. The SMILES string of the molecule is Cc1cc(C)c(C#N)c(SN(C)C)c1. The van der Waals surface area contributed by atoms with Gasteiger partial charge in [-0.05, 0) is 57.1 Å². The second-order valence-electron chi connectivity index (χ2n) is 3.47. The Morgan fingerprint density at radius 3 is 2.43 bits per heavy atom. The smallest absolute Gasteiger partial charge is 0.101 e. The predicted octanol–water partition coefficient (Wildman–Crippen LogP) is 2.74. The minimum Gasteiger partial charge on any atom is -0.253 e.